The summed E-state index contributed by atoms with van der Waals surface area (Å²) in [5.74, 6) is -0.790. The number of hydrogen-bond acceptors (Lipinski definition) is 9. The lowest BCUT2D eigenvalue weighted by Gasteiger charge is -1.97. The van der Waals surface area contributed by atoms with Crippen LogP contribution in [0.3, 0.4) is 0 Å². The van der Waals surface area contributed by atoms with Crippen molar-refractivity contribution in [2.45, 2.75) is 17.2 Å². The molecule has 0 unspecified atom stereocenters. The second-order valence-corrected chi connectivity index (χ2v) is 5.37. The van der Waals surface area contributed by atoms with Gasteiger partial charge in [0.25, 0.3) is 5.22 Å². The number of ether oxygens (including phenoxy) is 1. The molecule has 0 bridgehead atoms. The number of hydrogen-bond donors (Lipinski definition) is 0. The standard InChI is InChI=1S/C11H8N4O3S2/c1-2-17-10(16)8-14-15-11(18-8)20-9-7-6(3-4-19-7)12-5-13-9/h3-5H,2H2,1H3. The Labute approximate surface area is 121 Å². The van der Waals surface area contributed by atoms with Crippen molar-refractivity contribution in [1.82, 2.24) is 20.2 Å². The molecule has 9 heteroatoms. The van der Waals surface area contributed by atoms with E-state index in [1.54, 1.807) is 6.92 Å². The van der Waals surface area contributed by atoms with Crippen molar-refractivity contribution in [3.63, 3.8) is 0 Å². The fourth-order valence-electron chi connectivity index (χ4n) is 1.45. The molecule has 20 heavy (non-hydrogen) atoms. The molecule has 3 aromatic rings. The van der Waals surface area contributed by atoms with Gasteiger partial charge in [0.05, 0.1) is 16.8 Å². The van der Waals surface area contributed by atoms with E-state index in [9.17, 15) is 4.79 Å². The molecule has 3 heterocycles. The zero-order chi connectivity index (χ0) is 13.9. The van der Waals surface area contributed by atoms with E-state index in [4.69, 9.17) is 9.15 Å². The first-order valence-electron chi connectivity index (χ1n) is 5.64. The van der Waals surface area contributed by atoms with Gasteiger partial charge in [-0.15, -0.1) is 16.4 Å². The molecular weight excluding hydrogens is 300 g/mol. The van der Waals surface area contributed by atoms with Gasteiger partial charge in [0.15, 0.2) is 0 Å². The first kappa shape index (κ1) is 13.0. The van der Waals surface area contributed by atoms with Crippen molar-refractivity contribution < 1.29 is 13.9 Å². The Morgan fingerprint density at radius 2 is 2.35 bits per heavy atom. The van der Waals surface area contributed by atoms with E-state index in [-0.39, 0.29) is 17.7 Å². The van der Waals surface area contributed by atoms with Crippen LogP contribution in [-0.4, -0.2) is 32.7 Å². The van der Waals surface area contributed by atoms with Crippen molar-refractivity contribution in [2.24, 2.45) is 0 Å². The molecule has 0 radical (unpaired) electrons. The number of nitrogens with zero attached hydrogens (tertiary/aromatic N) is 4. The van der Waals surface area contributed by atoms with E-state index in [1.807, 2.05) is 11.4 Å². The lowest BCUT2D eigenvalue weighted by Crippen LogP contribution is -2.04. The van der Waals surface area contributed by atoms with Crippen LogP contribution in [0.5, 0.6) is 0 Å². The first-order valence-corrected chi connectivity index (χ1v) is 7.34. The number of esters is 1. The molecule has 7 nitrogen and oxygen atoms in total. The highest BCUT2D eigenvalue weighted by molar-refractivity contribution is 7.99. The summed E-state index contributed by atoms with van der Waals surface area (Å²) in [5.41, 5.74) is 0.859. The maximum atomic E-state index is 11.4. The zero-order valence-electron chi connectivity index (χ0n) is 10.3. The zero-order valence-corrected chi connectivity index (χ0v) is 11.9. The van der Waals surface area contributed by atoms with Crippen LogP contribution in [0, 0.1) is 0 Å². The Bertz CT molecular complexity index is 755. The Morgan fingerprint density at radius 1 is 1.45 bits per heavy atom. The van der Waals surface area contributed by atoms with Crippen molar-refractivity contribution in [3.05, 3.63) is 23.7 Å². The van der Waals surface area contributed by atoms with E-state index < -0.39 is 5.97 Å². The van der Waals surface area contributed by atoms with Gasteiger partial charge in [0.1, 0.15) is 11.4 Å². The van der Waals surface area contributed by atoms with Crippen molar-refractivity contribution in [3.8, 4) is 0 Å². The molecule has 0 N–H and O–H groups in total. The van der Waals surface area contributed by atoms with Crippen molar-refractivity contribution in [1.29, 1.82) is 0 Å². The van der Waals surface area contributed by atoms with Gasteiger partial charge in [-0.05, 0) is 30.1 Å². The third-order valence-corrected chi connectivity index (χ3v) is 4.13. The monoisotopic (exact) mass is 308 g/mol. The Hall–Kier alpha value is -2.00. The van der Waals surface area contributed by atoms with Crippen LogP contribution in [0.25, 0.3) is 10.2 Å². The second-order valence-electron chi connectivity index (χ2n) is 3.51. The van der Waals surface area contributed by atoms with Gasteiger partial charge in [0.2, 0.25) is 0 Å². The van der Waals surface area contributed by atoms with Crippen molar-refractivity contribution >= 4 is 39.3 Å². The summed E-state index contributed by atoms with van der Waals surface area (Å²) in [7, 11) is 0. The average Bonchev–Trinajstić information content (AvgIpc) is 3.08. The highest BCUT2D eigenvalue weighted by Gasteiger charge is 2.18. The summed E-state index contributed by atoms with van der Waals surface area (Å²) < 4.78 is 11.0. The Kier molecular flexibility index (Phi) is 3.61. The molecule has 0 fully saturated rings. The average molecular weight is 308 g/mol. The van der Waals surface area contributed by atoms with Gasteiger partial charge >= 0.3 is 11.9 Å². The Morgan fingerprint density at radius 3 is 3.20 bits per heavy atom. The number of thiophene rings is 1. The van der Waals surface area contributed by atoms with Gasteiger partial charge in [-0.3, -0.25) is 0 Å². The maximum Gasteiger partial charge on any atom is 0.396 e. The molecule has 0 aromatic carbocycles. The third-order valence-electron chi connectivity index (χ3n) is 2.25. The minimum atomic E-state index is -0.629. The number of carbonyl (C=O) groups excluding carboxylic acids is 1. The summed E-state index contributed by atoms with van der Waals surface area (Å²) >= 11 is 2.72. The molecule has 0 saturated heterocycles. The fourth-order valence-corrected chi connectivity index (χ4v) is 3.11. The highest BCUT2D eigenvalue weighted by Crippen LogP contribution is 2.32. The van der Waals surface area contributed by atoms with Crippen molar-refractivity contribution in [2.75, 3.05) is 6.61 Å². The minimum Gasteiger partial charge on any atom is -0.459 e. The van der Waals surface area contributed by atoms with Gasteiger partial charge in [-0.2, -0.15) is 0 Å². The van der Waals surface area contributed by atoms with Crippen LogP contribution in [0.4, 0.5) is 0 Å². The number of aromatic nitrogens is 4. The first-order chi connectivity index (χ1) is 9.78. The van der Waals surface area contributed by atoms with Gasteiger partial charge in [0, 0.05) is 0 Å². The van der Waals surface area contributed by atoms with Crippen LogP contribution < -0.4 is 0 Å². The Balaban J connectivity index is 1.84. The summed E-state index contributed by atoms with van der Waals surface area (Å²) in [6.07, 6.45) is 1.47. The maximum absolute atomic E-state index is 11.4. The molecule has 0 spiro atoms. The largest absolute Gasteiger partial charge is 0.459 e. The number of fused-ring (bicyclic) bond motifs is 1. The number of carbonyl (C=O) groups is 1. The number of rotatable bonds is 4. The van der Waals surface area contributed by atoms with E-state index in [0.29, 0.717) is 5.03 Å². The van der Waals surface area contributed by atoms with Crippen LogP contribution in [-0.2, 0) is 4.74 Å². The molecule has 0 aliphatic carbocycles. The fraction of sp³-hybridized carbons (Fsp3) is 0.182. The summed E-state index contributed by atoms with van der Waals surface area (Å²) in [6.45, 7) is 1.96. The quantitative estimate of drug-likeness (QED) is 0.536. The molecular formula is C11H8N4O3S2. The summed E-state index contributed by atoms with van der Waals surface area (Å²) in [5, 5.41) is 10.3. The predicted molar refractivity (Wildman–Crippen MR) is 71.8 cm³/mol. The SMILES string of the molecule is CCOC(=O)c1nnc(Sc2ncnc3ccsc23)o1. The predicted octanol–water partition coefficient (Wildman–Crippen LogP) is 2.40. The highest BCUT2D eigenvalue weighted by atomic mass is 32.2. The van der Waals surface area contributed by atoms with E-state index >= 15 is 0 Å². The second kappa shape index (κ2) is 5.55. The van der Waals surface area contributed by atoms with Gasteiger partial charge < -0.3 is 9.15 Å². The molecule has 0 saturated carbocycles. The summed E-state index contributed by atoms with van der Waals surface area (Å²) in [4.78, 5) is 19.8. The lowest BCUT2D eigenvalue weighted by atomic mass is 10.5. The molecule has 3 aromatic heterocycles. The third kappa shape index (κ3) is 2.49. The molecule has 0 aliphatic rings. The molecule has 0 amide bonds. The van der Waals surface area contributed by atoms with E-state index in [1.165, 1.54) is 29.4 Å². The minimum absolute atomic E-state index is 0.161. The topological polar surface area (TPSA) is 91.0 Å². The summed E-state index contributed by atoms with van der Waals surface area (Å²) in [6, 6.07) is 1.91. The van der Waals surface area contributed by atoms with Crippen LogP contribution in [0.2, 0.25) is 0 Å². The van der Waals surface area contributed by atoms with Crippen LogP contribution >= 0.6 is 23.1 Å². The van der Waals surface area contributed by atoms with E-state index in [2.05, 4.69) is 20.2 Å². The molecule has 0 aliphatic heterocycles. The molecule has 0 atom stereocenters. The van der Waals surface area contributed by atoms with Gasteiger partial charge in [-0.1, -0.05) is 5.10 Å². The van der Waals surface area contributed by atoms with E-state index in [0.717, 1.165) is 10.2 Å². The normalized spacial score (nSPS) is 10.8. The molecule has 102 valence electrons. The van der Waals surface area contributed by atoms with Crippen LogP contribution in [0.1, 0.15) is 17.6 Å². The van der Waals surface area contributed by atoms with Gasteiger partial charge in [-0.25, -0.2) is 14.8 Å². The van der Waals surface area contributed by atoms with Crippen LogP contribution in [0.15, 0.2) is 32.4 Å². The molecule has 3 rings (SSSR count). The lowest BCUT2D eigenvalue weighted by molar-refractivity contribution is 0.0475. The smallest absolute Gasteiger partial charge is 0.396 e.